The first-order valence-corrected chi connectivity index (χ1v) is 7.20. The quantitative estimate of drug-likeness (QED) is 0.781. The Kier molecular flexibility index (Phi) is 6.48. The monoisotopic (exact) mass is 286 g/mol. The third kappa shape index (κ3) is 4.64. The molecule has 0 aliphatic rings. The van der Waals surface area contributed by atoms with Crippen molar-refractivity contribution in [2.75, 3.05) is 13.1 Å². The van der Waals surface area contributed by atoms with Gasteiger partial charge in [0.2, 0.25) is 5.91 Å². The van der Waals surface area contributed by atoms with E-state index in [9.17, 15) is 9.59 Å². The topological polar surface area (TPSA) is 63.4 Å². The first kappa shape index (κ1) is 16.8. The molecule has 0 aliphatic carbocycles. The SMILES string of the molecule is C#CCc1cc(C(N)=O)cc(C(=O)N(CCC)CCC)c1. The van der Waals surface area contributed by atoms with E-state index in [1.807, 2.05) is 13.8 Å². The first-order chi connectivity index (χ1) is 10.0. The molecule has 0 heterocycles. The van der Waals surface area contributed by atoms with Crippen molar-refractivity contribution < 1.29 is 9.59 Å². The molecule has 0 saturated carbocycles. The van der Waals surface area contributed by atoms with Gasteiger partial charge in [-0.15, -0.1) is 12.3 Å². The largest absolute Gasteiger partial charge is 0.366 e. The van der Waals surface area contributed by atoms with Crippen molar-refractivity contribution in [2.45, 2.75) is 33.1 Å². The summed E-state index contributed by atoms with van der Waals surface area (Å²) in [5, 5.41) is 0. The summed E-state index contributed by atoms with van der Waals surface area (Å²) in [6, 6.07) is 4.93. The number of carbonyl (C=O) groups excluding carboxylic acids is 2. The molecule has 4 nitrogen and oxygen atoms in total. The zero-order valence-electron chi connectivity index (χ0n) is 12.7. The van der Waals surface area contributed by atoms with E-state index < -0.39 is 5.91 Å². The van der Waals surface area contributed by atoms with E-state index >= 15 is 0 Å². The van der Waals surface area contributed by atoms with Gasteiger partial charge in [-0.25, -0.2) is 0 Å². The van der Waals surface area contributed by atoms with Crippen molar-refractivity contribution in [2.24, 2.45) is 5.73 Å². The standard InChI is InChI=1S/C17H22N2O2/c1-4-7-13-10-14(16(18)20)12-15(11-13)17(21)19(8-5-2)9-6-3/h1,10-12H,5-9H2,2-3H3,(H2,18,20). The number of carbonyl (C=O) groups is 2. The molecule has 0 aliphatic heterocycles. The van der Waals surface area contributed by atoms with E-state index in [1.54, 1.807) is 23.1 Å². The van der Waals surface area contributed by atoms with Crippen LogP contribution in [0.25, 0.3) is 0 Å². The summed E-state index contributed by atoms with van der Waals surface area (Å²) < 4.78 is 0. The Balaban J connectivity index is 3.17. The Morgan fingerprint density at radius 1 is 1.14 bits per heavy atom. The average Bonchev–Trinajstić information content (AvgIpc) is 2.46. The highest BCUT2D eigenvalue weighted by Crippen LogP contribution is 2.14. The molecule has 0 saturated heterocycles. The lowest BCUT2D eigenvalue weighted by Gasteiger charge is -2.22. The van der Waals surface area contributed by atoms with Crippen LogP contribution in [0.4, 0.5) is 0 Å². The van der Waals surface area contributed by atoms with E-state index in [1.165, 1.54) is 0 Å². The van der Waals surface area contributed by atoms with Gasteiger partial charge in [0.1, 0.15) is 0 Å². The average molecular weight is 286 g/mol. The fourth-order valence-electron chi connectivity index (χ4n) is 2.21. The van der Waals surface area contributed by atoms with Gasteiger partial charge < -0.3 is 10.6 Å². The smallest absolute Gasteiger partial charge is 0.253 e. The van der Waals surface area contributed by atoms with Crippen LogP contribution in [0.2, 0.25) is 0 Å². The molecule has 21 heavy (non-hydrogen) atoms. The Bertz CT molecular complexity index is 552. The second-order valence-electron chi connectivity index (χ2n) is 4.96. The number of primary amides is 1. The van der Waals surface area contributed by atoms with Crippen LogP contribution in [0.15, 0.2) is 18.2 Å². The molecule has 0 aromatic heterocycles. The first-order valence-electron chi connectivity index (χ1n) is 7.20. The summed E-state index contributed by atoms with van der Waals surface area (Å²) in [4.78, 5) is 25.8. The Labute approximate surface area is 126 Å². The lowest BCUT2D eigenvalue weighted by molar-refractivity contribution is 0.0755. The van der Waals surface area contributed by atoms with Crippen LogP contribution in [0, 0.1) is 12.3 Å². The molecule has 2 amide bonds. The zero-order chi connectivity index (χ0) is 15.8. The van der Waals surface area contributed by atoms with Crippen LogP contribution in [0.3, 0.4) is 0 Å². The molecule has 0 radical (unpaired) electrons. The van der Waals surface area contributed by atoms with Gasteiger partial charge >= 0.3 is 0 Å². The number of amides is 2. The fraction of sp³-hybridized carbons (Fsp3) is 0.412. The van der Waals surface area contributed by atoms with Crippen molar-refractivity contribution in [3.63, 3.8) is 0 Å². The highest BCUT2D eigenvalue weighted by Gasteiger charge is 2.16. The Morgan fingerprint density at radius 2 is 1.71 bits per heavy atom. The lowest BCUT2D eigenvalue weighted by Crippen LogP contribution is -2.32. The van der Waals surface area contributed by atoms with E-state index in [0.29, 0.717) is 30.6 Å². The van der Waals surface area contributed by atoms with E-state index in [-0.39, 0.29) is 5.91 Å². The molecule has 1 aromatic carbocycles. The summed E-state index contributed by atoms with van der Waals surface area (Å²) in [5.41, 5.74) is 6.87. The highest BCUT2D eigenvalue weighted by atomic mass is 16.2. The molecule has 0 fully saturated rings. The van der Waals surface area contributed by atoms with Gasteiger partial charge in [-0.05, 0) is 36.6 Å². The predicted octanol–water partition coefficient (Wildman–Crippen LogP) is 2.22. The Hall–Kier alpha value is -2.28. The molecule has 1 aromatic rings. The van der Waals surface area contributed by atoms with Gasteiger partial charge in [-0.1, -0.05) is 13.8 Å². The minimum atomic E-state index is -0.555. The molecule has 0 spiro atoms. The van der Waals surface area contributed by atoms with Gasteiger partial charge in [-0.2, -0.15) is 0 Å². The van der Waals surface area contributed by atoms with Crippen molar-refractivity contribution in [1.29, 1.82) is 0 Å². The lowest BCUT2D eigenvalue weighted by atomic mass is 10.0. The summed E-state index contributed by atoms with van der Waals surface area (Å²) in [6.45, 7) is 5.44. The number of benzene rings is 1. The van der Waals surface area contributed by atoms with Crippen molar-refractivity contribution in [3.8, 4) is 12.3 Å². The molecular formula is C17H22N2O2. The highest BCUT2D eigenvalue weighted by molar-refractivity contribution is 5.99. The van der Waals surface area contributed by atoms with E-state index in [2.05, 4.69) is 5.92 Å². The molecule has 0 atom stereocenters. The molecule has 112 valence electrons. The van der Waals surface area contributed by atoms with Crippen LogP contribution in [0.1, 0.15) is 53.0 Å². The minimum Gasteiger partial charge on any atom is -0.366 e. The van der Waals surface area contributed by atoms with Gasteiger partial charge in [0.15, 0.2) is 0 Å². The second kappa shape index (κ2) is 8.11. The molecular weight excluding hydrogens is 264 g/mol. The number of terminal acetylenes is 1. The number of hydrogen-bond donors (Lipinski definition) is 1. The number of nitrogens with two attached hydrogens (primary N) is 1. The maximum absolute atomic E-state index is 12.6. The maximum Gasteiger partial charge on any atom is 0.253 e. The number of nitrogens with zero attached hydrogens (tertiary/aromatic N) is 1. The fourth-order valence-corrected chi connectivity index (χ4v) is 2.21. The van der Waals surface area contributed by atoms with Gasteiger partial charge in [0.05, 0.1) is 0 Å². The summed E-state index contributed by atoms with van der Waals surface area (Å²) in [6.07, 6.45) is 7.45. The number of rotatable bonds is 7. The summed E-state index contributed by atoms with van der Waals surface area (Å²) >= 11 is 0. The van der Waals surface area contributed by atoms with E-state index in [0.717, 1.165) is 18.4 Å². The minimum absolute atomic E-state index is 0.0833. The van der Waals surface area contributed by atoms with Gasteiger partial charge in [0, 0.05) is 30.6 Å². The summed E-state index contributed by atoms with van der Waals surface area (Å²) in [5.74, 6) is 1.88. The number of hydrogen-bond acceptors (Lipinski definition) is 2. The maximum atomic E-state index is 12.6. The van der Waals surface area contributed by atoms with Crippen molar-refractivity contribution in [3.05, 3.63) is 34.9 Å². The van der Waals surface area contributed by atoms with Gasteiger partial charge in [0.25, 0.3) is 5.91 Å². The second-order valence-corrected chi connectivity index (χ2v) is 4.96. The zero-order valence-corrected chi connectivity index (χ0v) is 12.7. The third-order valence-corrected chi connectivity index (χ3v) is 3.10. The molecule has 4 heteroatoms. The molecule has 1 rings (SSSR count). The van der Waals surface area contributed by atoms with Crippen LogP contribution in [-0.4, -0.2) is 29.8 Å². The van der Waals surface area contributed by atoms with E-state index in [4.69, 9.17) is 12.2 Å². The Morgan fingerprint density at radius 3 is 2.19 bits per heavy atom. The van der Waals surface area contributed by atoms with Crippen molar-refractivity contribution >= 4 is 11.8 Å². The van der Waals surface area contributed by atoms with Crippen LogP contribution in [-0.2, 0) is 6.42 Å². The van der Waals surface area contributed by atoms with Crippen molar-refractivity contribution in [1.82, 2.24) is 4.90 Å². The molecule has 0 unspecified atom stereocenters. The normalized spacial score (nSPS) is 9.95. The summed E-state index contributed by atoms with van der Waals surface area (Å²) in [7, 11) is 0. The molecule has 0 bridgehead atoms. The molecule has 2 N–H and O–H groups in total. The third-order valence-electron chi connectivity index (χ3n) is 3.10. The van der Waals surface area contributed by atoms with Gasteiger partial charge in [-0.3, -0.25) is 9.59 Å². The van der Waals surface area contributed by atoms with Crippen LogP contribution in [0.5, 0.6) is 0 Å². The predicted molar refractivity (Wildman–Crippen MR) is 84.0 cm³/mol. The van der Waals surface area contributed by atoms with Crippen LogP contribution >= 0.6 is 0 Å². The van der Waals surface area contributed by atoms with Crippen LogP contribution < -0.4 is 5.73 Å².